The van der Waals surface area contributed by atoms with E-state index >= 15 is 0 Å². The molecule has 2 amide bonds. The highest BCUT2D eigenvalue weighted by Crippen LogP contribution is 2.38. The number of hydrogen-bond donors (Lipinski definition) is 0. The molecule has 4 rings (SSSR count). The van der Waals surface area contributed by atoms with Crippen LogP contribution in [-0.2, 0) is 11.2 Å². The molecule has 0 saturated carbocycles. The van der Waals surface area contributed by atoms with E-state index in [0.29, 0.717) is 55.0 Å². The Morgan fingerprint density at radius 2 is 2.03 bits per heavy atom. The molecule has 4 heterocycles. The number of fused-ring (bicyclic) bond motifs is 4. The van der Waals surface area contributed by atoms with Crippen molar-refractivity contribution < 1.29 is 14.0 Å². The fourth-order valence-electron chi connectivity index (χ4n) is 5.42. The van der Waals surface area contributed by atoms with Crippen LogP contribution in [0.15, 0.2) is 15.3 Å². The highest BCUT2D eigenvalue weighted by Gasteiger charge is 2.45. The van der Waals surface area contributed by atoms with Gasteiger partial charge in [-0.25, -0.2) is 4.79 Å². The molecule has 6 nitrogen and oxygen atoms in total. The monoisotopic (exact) mass is 400 g/mol. The van der Waals surface area contributed by atoms with Gasteiger partial charge in [0.25, 0.3) is 5.91 Å². The van der Waals surface area contributed by atoms with E-state index in [9.17, 15) is 14.4 Å². The number of nitrogens with zero attached hydrogens (tertiary/aromatic N) is 2. The molecule has 3 fully saturated rings. The summed E-state index contributed by atoms with van der Waals surface area (Å²) in [6.07, 6.45) is 5.35. The van der Waals surface area contributed by atoms with Crippen LogP contribution in [0.3, 0.4) is 0 Å². The topological polar surface area (TPSA) is 70.8 Å². The SMILES string of the molecule is Cc1cc(CCC(C)C)oc(=O)c1C(=O)N1C[C@@H]2C[C@H](C1)[C@@H]1CCCC(=O)N1C2. The van der Waals surface area contributed by atoms with Crippen LogP contribution in [-0.4, -0.2) is 47.3 Å². The minimum Gasteiger partial charge on any atom is -0.427 e. The average Bonchev–Trinajstić information content (AvgIpc) is 2.66. The van der Waals surface area contributed by atoms with Crippen molar-refractivity contribution in [2.45, 2.75) is 65.3 Å². The van der Waals surface area contributed by atoms with Gasteiger partial charge in [-0.3, -0.25) is 9.59 Å². The zero-order valence-electron chi connectivity index (χ0n) is 17.8. The highest BCUT2D eigenvalue weighted by atomic mass is 16.4. The molecule has 3 aliphatic heterocycles. The smallest absolute Gasteiger partial charge is 0.349 e. The van der Waals surface area contributed by atoms with Gasteiger partial charge < -0.3 is 14.2 Å². The molecule has 2 bridgehead atoms. The van der Waals surface area contributed by atoms with Crippen molar-refractivity contribution >= 4 is 11.8 Å². The summed E-state index contributed by atoms with van der Waals surface area (Å²) in [5, 5.41) is 0. The second-order valence-corrected chi connectivity index (χ2v) is 9.57. The molecule has 0 N–H and O–H groups in total. The van der Waals surface area contributed by atoms with Crippen LogP contribution in [0.5, 0.6) is 0 Å². The molecular weight excluding hydrogens is 368 g/mol. The number of amides is 2. The van der Waals surface area contributed by atoms with E-state index in [0.717, 1.165) is 32.2 Å². The van der Waals surface area contributed by atoms with Crippen molar-refractivity contribution in [3.63, 3.8) is 0 Å². The summed E-state index contributed by atoms with van der Waals surface area (Å²) in [6.45, 7) is 8.08. The lowest BCUT2D eigenvalue weighted by Gasteiger charge is -2.52. The number of likely N-dealkylation sites (tertiary alicyclic amines) is 1. The van der Waals surface area contributed by atoms with Crippen LogP contribution in [0.2, 0.25) is 0 Å². The van der Waals surface area contributed by atoms with Gasteiger partial charge in [-0.1, -0.05) is 13.8 Å². The molecule has 0 radical (unpaired) electrons. The summed E-state index contributed by atoms with van der Waals surface area (Å²) in [6, 6.07) is 2.10. The predicted molar refractivity (Wildman–Crippen MR) is 110 cm³/mol. The normalized spacial score (nSPS) is 26.6. The molecule has 1 aromatic rings. The van der Waals surface area contributed by atoms with Crippen molar-refractivity contribution in [1.82, 2.24) is 9.80 Å². The Balaban J connectivity index is 1.52. The Kier molecular flexibility index (Phi) is 5.54. The molecule has 158 valence electrons. The molecular formula is C23H32N2O4. The van der Waals surface area contributed by atoms with Crippen molar-refractivity contribution in [2.75, 3.05) is 19.6 Å². The summed E-state index contributed by atoms with van der Waals surface area (Å²) in [7, 11) is 0. The zero-order chi connectivity index (χ0) is 20.7. The van der Waals surface area contributed by atoms with Gasteiger partial charge in [-0.2, -0.15) is 0 Å². The summed E-state index contributed by atoms with van der Waals surface area (Å²) in [5.41, 5.74) is 0.365. The molecule has 3 saturated heterocycles. The maximum atomic E-state index is 13.3. The van der Waals surface area contributed by atoms with E-state index in [-0.39, 0.29) is 23.4 Å². The first-order chi connectivity index (χ1) is 13.8. The van der Waals surface area contributed by atoms with Crippen molar-refractivity contribution in [1.29, 1.82) is 0 Å². The Morgan fingerprint density at radius 3 is 2.76 bits per heavy atom. The third-order valence-corrected chi connectivity index (χ3v) is 6.85. The Hall–Kier alpha value is -2.11. The number of rotatable bonds is 4. The highest BCUT2D eigenvalue weighted by molar-refractivity contribution is 5.95. The summed E-state index contributed by atoms with van der Waals surface area (Å²) < 4.78 is 5.49. The minimum absolute atomic E-state index is 0.176. The van der Waals surface area contributed by atoms with Crippen molar-refractivity contribution in [3.8, 4) is 0 Å². The fourth-order valence-corrected chi connectivity index (χ4v) is 5.42. The molecule has 1 aromatic heterocycles. The predicted octanol–water partition coefficient (Wildman–Crippen LogP) is 3.01. The number of piperidine rings is 3. The van der Waals surface area contributed by atoms with Crippen LogP contribution in [0, 0.1) is 24.7 Å². The first-order valence-electron chi connectivity index (χ1n) is 11.1. The third kappa shape index (κ3) is 3.99. The molecule has 3 atom stereocenters. The lowest BCUT2D eigenvalue weighted by atomic mass is 9.76. The Labute approximate surface area is 172 Å². The van der Waals surface area contributed by atoms with Crippen LogP contribution in [0.25, 0.3) is 0 Å². The first-order valence-corrected chi connectivity index (χ1v) is 11.1. The largest absolute Gasteiger partial charge is 0.427 e. The maximum Gasteiger partial charge on any atom is 0.349 e. The van der Waals surface area contributed by atoms with E-state index in [4.69, 9.17) is 4.42 Å². The van der Waals surface area contributed by atoms with E-state index in [1.54, 1.807) is 0 Å². The molecule has 29 heavy (non-hydrogen) atoms. The van der Waals surface area contributed by atoms with Gasteiger partial charge in [0, 0.05) is 38.5 Å². The van der Waals surface area contributed by atoms with E-state index in [2.05, 4.69) is 18.7 Å². The lowest BCUT2D eigenvalue weighted by Crippen LogP contribution is -2.61. The van der Waals surface area contributed by atoms with Crippen molar-refractivity contribution in [3.05, 3.63) is 33.4 Å². The van der Waals surface area contributed by atoms with Gasteiger partial charge in [0.2, 0.25) is 5.91 Å². The minimum atomic E-state index is -0.515. The molecule has 0 unspecified atom stereocenters. The van der Waals surface area contributed by atoms with Gasteiger partial charge in [-0.05, 0) is 62.0 Å². The van der Waals surface area contributed by atoms with E-state index in [1.807, 2.05) is 17.9 Å². The quantitative estimate of drug-likeness (QED) is 0.779. The zero-order valence-corrected chi connectivity index (χ0v) is 17.8. The first kappa shape index (κ1) is 20.2. The fraction of sp³-hybridized carbons (Fsp3) is 0.696. The molecule has 3 aliphatic rings. The number of carbonyl (C=O) groups is 2. The number of aryl methyl sites for hydroxylation is 2. The van der Waals surface area contributed by atoms with Gasteiger partial charge >= 0.3 is 5.63 Å². The van der Waals surface area contributed by atoms with E-state index < -0.39 is 5.63 Å². The lowest BCUT2D eigenvalue weighted by molar-refractivity contribution is -0.144. The third-order valence-electron chi connectivity index (χ3n) is 6.85. The van der Waals surface area contributed by atoms with Crippen LogP contribution in [0.4, 0.5) is 0 Å². The Bertz CT molecular complexity index is 859. The van der Waals surface area contributed by atoms with Gasteiger partial charge in [0.15, 0.2) is 0 Å². The Morgan fingerprint density at radius 1 is 1.24 bits per heavy atom. The van der Waals surface area contributed by atoms with Gasteiger partial charge in [-0.15, -0.1) is 0 Å². The van der Waals surface area contributed by atoms with Crippen LogP contribution in [0.1, 0.15) is 67.6 Å². The molecule has 0 spiro atoms. The van der Waals surface area contributed by atoms with Gasteiger partial charge in [0.05, 0.1) is 0 Å². The average molecular weight is 401 g/mol. The van der Waals surface area contributed by atoms with Crippen LogP contribution < -0.4 is 5.63 Å². The van der Waals surface area contributed by atoms with Crippen molar-refractivity contribution in [2.24, 2.45) is 17.8 Å². The summed E-state index contributed by atoms with van der Waals surface area (Å²) >= 11 is 0. The number of hydrogen-bond acceptors (Lipinski definition) is 4. The molecule has 0 aromatic carbocycles. The van der Waals surface area contributed by atoms with Gasteiger partial charge in [0.1, 0.15) is 11.3 Å². The van der Waals surface area contributed by atoms with E-state index in [1.165, 1.54) is 0 Å². The summed E-state index contributed by atoms with van der Waals surface area (Å²) in [5.74, 6) is 1.86. The molecule has 0 aliphatic carbocycles. The second-order valence-electron chi connectivity index (χ2n) is 9.57. The second kappa shape index (κ2) is 7.96. The molecule has 6 heteroatoms. The van der Waals surface area contributed by atoms with Crippen LogP contribution >= 0.6 is 0 Å². The standard InChI is InChI=1S/C23H32N2O4/c1-14(2)7-8-18-9-15(3)21(23(28)29-18)22(27)24-11-16-10-17(13-24)19-5-4-6-20(26)25(19)12-16/h9,14,16-17,19H,4-8,10-13H2,1-3H3/t16-,17+,19-/m0/s1. The summed E-state index contributed by atoms with van der Waals surface area (Å²) in [4.78, 5) is 42.1. The number of carbonyl (C=O) groups excluding carboxylic acids is 2. The maximum absolute atomic E-state index is 13.3.